The number of carbonyl (C=O) groups is 1. The van der Waals surface area contributed by atoms with Crippen LogP contribution < -0.4 is 0 Å². The lowest BCUT2D eigenvalue weighted by molar-refractivity contribution is -0.132. The molecule has 2 heterocycles. The number of carbonyl (C=O) groups excluding carboxylic acids is 1. The average molecular weight is 198 g/mol. The minimum Gasteiger partial charge on any atom is -0.381 e. The summed E-state index contributed by atoms with van der Waals surface area (Å²) in [6, 6.07) is 0. The van der Waals surface area contributed by atoms with Crippen molar-refractivity contribution in [2.45, 2.75) is 25.7 Å². The van der Waals surface area contributed by atoms with E-state index in [1.807, 2.05) is 0 Å². The van der Waals surface area contributed by atoms with Crippen LogP contribution in [0.5, 0.6) is 0 Å². The van der Waals surface area contributed by atoms with Crippen molar-refractivity contribution in [2.75, 3.05) is 26.4 Å². The molecule has 0 unspecified atom stereocenters. The first-order chi connectivity index (χ1) is 6.88. The summed E-state index contributed by atoms with van der Waals surface area (Å²) in [5.41, 5.74) is 0. The molecule has 0 atom stereocenters. The van der Waals surface area contributed by atoms with Crippen molar-refractivity contribution < 1.29 is 14.3 Å². The third-order valence-electron chi connectivity index (χ3n) is 3.25. The van der Waals surface area contributed by atoms with E-state index in [9.17, 15) is 4.79 Å². The van der Waals surface area contributed by atoms with E-state index in [0.29, 0.717) is 5.78 Å². The predicted octanol–water partition coefficient (Wildman–Crippen LogP) is 1.41. The lowest BCUT2D eigenvalue weighted by atomic mass is 9.84. The van der Waals surface area contributed by atoms with Crippen LogP contribution in [0.2, 0.25) is 0 Å². The highest BCUT2D eigenvalue weighted by Crippen LogP contribution is 2.25. The quantitative estimate of drug-likeness (QED) is 0.673. The predicted molar refractivity (Wildman–Crippen MR) is 52.1 cm³/mol. The Kier molecular flexibility index (Phi) is 3.54. The van der Waals surface area contributed by atoms with Gasteiger partial charge in [-0.3, -0.25) is 4.79 Å². The zero-order chi connectivity index (χ0) is 9.80. The van der Waals surface area contributed by atoms with E-state index in [0.717, 1.165) is 52.1 Å². The lowest BCUT2D eigenvalue weighted by Gasteiger charge is -2.27. The summed E-state index contributed by atoms with van der Waals surface area (Å²) in [6.45, 7) is 3.05. The van der Waals surface area contributed by atoms with Gasteiger partial charge in [0.05, 0.1) is 0 Å². The van der Waals surface area contributed by atoms with Gasteiger partial charge in [0.25, 0.3) is 0 Å². The molecule has 2 aliphatic heterocycles. The largest absolute Gasteiger partial charge is 0.381 e. The van der Waals surface area contributed by atoms with E-state index in [1.54, 1.807) is 0 Å². The average Bonchev–Trinajstić information content (AvgIpc) is 2.30. The first kappa shape index (κ1) is 10.1. The van der Waals surface area contributed by atoms with E-state index in [4.69, 9.17) is 9.47 Å². The van der Waals surface area contributed by atoms with Crippen molar-refractivity contribution in [1.29, 1.82) is 0 Å². The Morgan fingerprint density at radius 1 is 0.786 bits per heavy atom. The van der Waals surface area contributed by atoms with E-state index in [-0.39, 0.29) is 11.8 Å². The molecule has 0 aromatic carbocycles. The van der Waals surface area contributed by atoms with Gasteiger partial charge in [0.1, 0.15) is 5.78 Å². The second kappa shape index (κ2) is 4.89. The number of ether oxygens (including phenoxy) is 2. The molecule has 0 spiro atoms. The van der Waals surface area contributed by atoms with Gasteiger partial charge in [0.2, 0.25) is 0 Å². The van der Waals surface area contributed by atoms with Crippen LogP contribution in [-0.2, 0) is 14.3 Å². The molecular weight excluding hydrogens is 180 g/mol. The standard InChI is InChI=1S/C11H18O3/c12-11(9-1-5-13-6-2-9)10-3-7-14-8-4-10/h9-10H,1-8H2. The van der Waals surface area contributed by atoms with Crippen LogP contribution in [0, 0.1) is 11.8 Å². The number of ketones is 1. The Morgan fingerprint density at radius 2 is 1.14 bits per heavy atom. The van der Waals surface area contributed by atoms with E-state index in [1.165, 1.54) is 0 Å². The number of rotatable bonds is 2. The van der Waals surface area contributed by atoms with E-state index in [2.05, 4.69) is 0 Å². The first-order valence-corrected chi connectivity index (χ1v) is 5.57. The summed E-state index contributed by atoms with van der Waals surface area (Å²) in [7, 11) is 0. The van der Waals surface area contributed by atoms with Crippen LogP contribution in [-0.4, -0.2) is 32.2 Å². The van der Waals surface area contributed by atoms with Gasteiger partial charge in [-0.25, -0.2) is 0 Å². The second-order valence-electron chi connectivity index (χ2n) is 4.18. The normalized spacial score (nSPS) is 26.3. The van der Waals surface area contributed by atoms with Crippen LogP contribution in [0.4, 0.5) is 0 Å². The molecule has 2 fully saturated rings. The first-order valence-electron chi connectivity index (χ1n) is 5.57. The van der Waals surface area contributed by atoms with Crippen molar-refractivity contribution in [3.63, 3.8) is 0 Å². The van der Waals surface area contributed by atoms with Gasteiger partial charge in [-0.15, -0.1) is 0 Å². The summed E-state index contributed by atoms with van der Waals surface area (Å²) in [5, 5.41) is 0. The van der Waals surface area contributed by atoms with Gasteiger partial charge in [-0.05, 0) is 25.7 Å². The highest BCUT2D eigenvalue weighted by molar-refractivity contribution is 5.83. The van der Waals surface area contributed by atoms with Crippen molar-refractivity contribution in [1.82, 2.24) is 0 Å². The van der Waals surface area contributed by atoms with Crippen molar-refractivity contribution in [2.24, 2.45) is 11.8 Å². The molecule has 14 heavy (non-hydrogen) atoms. The molecule has 80 valence electrons. The minimum absolute atomic E-state index is 0.270. The summed E-state index contributed by atoms with van der Waals surface area (Å²) in [5.74, 6) is 1.01. The van der Waals surface area contributed by atoms with Gasteiger partial charge in [0, 0.05) is 38.3 Å². The fourth-order valence-corrected chi connectivity index (χ4v) is 2.30. The molecule has 0 saturated carbocycles. The topological polar surface area (TPSA) is 35.5 Å². The smallest absolute Gasteiger partial charge is 0.139 e. The summed E-state index contributed by atoms with van der Waals surface area (Å²) >= 11 is 0. The molecule has 0 aromatic heterocycles. The second-order valence-corrected chi connectivity index (χ2v) is 4.18. The molecule has 0 radical (unpaired) electrons. The van der Waals surface area contributed by atoms with Gasteiger partial charge >= 0.3 is 0 Å². The molecule has 0 aromatic rings. The summed E-state index contributed by atoms with van der Waals surface area (Å²) in [4.78, 5) is 12.0. The van der Waals surface area contributed by atoms with E-state index < -0.39 is 0 Å². The van der Waals surface area contributed by atoms with Crippen molar-refractivity contribution in [3.8, 4) is 0 Å². The number of Topliss-reactive ketones (excluding diaryl/α,β-unsaturated/α-hetero) is 1. The van der Waals surface area contributed by atoms with Gasteiger partial charge < -0.3 is 9.47 Å². The van der Waals surface area contributed by atoms with Crippen LogP contribution in [0.25, 0.3) is 0 Å². The fraction of sp³-hybridized carbons (Fsp3) is 0.909. The monoisotopic (exact) mass is 198 g/mol. The molecule has 2 aliphatic rings. The van der Waals surface area contributed by atoms with Gasteiger partial charge in [-0.1, -0.05) is 0 Å². The molecular formula is C11H18O3. The van der Waals surface area contributed by atoms with Crippen LogP contribution in [0.15, 0.2) is 0 Å². The van der Waals surface area contributed by atoms with Gasteiger partial charge in [-0.2, -0.15) is 0 Å². The summed E-state index contributed by atoms with van der Waals surface area (Å²) < 4.78 is 10.5. The fourth-order valence-electron chi connectivity index (χ4n) is 2.30. The van der Waals surface area contributed by atoms with Gasteiger partial charge in [0.15, 0.2) is 0 Å². The van der Waals surface area contributed by atoms with E-state index >= 15 is 0 Å². The molecule has 0 N–H and O–H groups in total. The SMILES string of the molecule is O=C(C1CCOCC1)C1CCOCC1. The Balaban J connectivity index is 1.85. The highest BCUT2D eigenvalue weighted by atomic mass is 16.5. The third kappa shape index (κ3) is 2.34. The molecule has 3 nitrogen and oxygen atoms in total. The molecule has 2 rings (SSSR count). The molecule has 0 bridgehead atoms. The maximum atomic E-state index is 12.0. The maximum Gasteiger partial charge on any atom is 0.139 e. The lowest BCUT2D eigenvalue weighted by Crippen LogP contribution is -2.32. The Hall–Kier alpha value is -0.410. The zero-order valence-corrected chi connectivity index (χ0v) is 8.54. The van der Waals surface area contributed by atoms with Crippen LogP contribution in [0.3, 0.4) is 0 Å². The minimum atomic E-state index is 0.270. The Morgan fingerprint density at radius 3 is 1.50 bits per heavy atom. The highest BCUT2D eigenvalue weighted by Gasteiger charge is 2.29. The molecule has 2 saturated heterocycles. The third-order valence-corrected chi connectivity index (χ3v) is 3.25. The zero-order valence-electron chi connectivity index (χ0n) is 8.54. The van der Waals surface area contributed by atoms with Crippen molar-refractivity contribution in [3.05, 3.63) is 0 Å². The molecule has 0 aliphatic carbocycles. The molecule has 0 amide bonds. The Bertz CT molecular complexity index is 171. The van der Waals surface area contributed by atoms with Crippen LogP contribution in [0.1, 0.15) is 25.7 Å². The molecule has 3 heteroatoms. The summed E-state index contributed by atoms with van der Waals surface area (Å²) in [6.07, 6.45) is 3.71. The van der Waals surface area contributed by atoms with Crippen molar-refractivity contribution >= 4 is 5.78 Å². The number of hydrogen-bond acceptors (Lipinski definition) is 3. The number of hydrogen-bond donors (Lipinski definition) is 0. The van der Waals surface area contributed by atoms with Crippen LogP contribution >= 0.6 is 0 Å². The maximum absolute atomic E-state index is 12.0. The Labute approximate surface area is 84.8 Å².